The van der Waals surface area contributed by atoms with E-state index in [-0.39, 0.29) is 35.5 Å². The largest absolute Gasteiger partial charge is 0.375 e. The Labute approximate surface area is 181 Å². The van der Waals surface area contributed by atoms with Gasteiger partial charge in [-0.2, -0.15) is 0 Å². The van der Waals surface area contributed by atoms with Crippen LogP contribution < -0.4 is 5.32 Å². The third-order valence-electron chi connectivity index (χ3n) is 4.12. The average molecular weight is 508 g/mol. The van der Waals surface area contributed by atoms with E-state index in [4.69, 9.17) is 4.74 Å². The van der Waals surface area contributed by atoms with E-state index in [0.717, 1.165) is 23.2 Å². The maximum absolute atomic E-state index is 5.33. The van der Waals surface area contributed by atoms with Crippen molar-refractivity contribution in [3.63, 3.8) is 0 Å². The van der Waals surface area contributed by atoms with E-state index in [1.807, 2.05) is 21.0 Å². The molecule has 0 aliphatic carbocycles. The van der Waals surface area contributed by atoms with Gasteiger partial charge in [0.2, 0.25) is 0 Å². The van der Waals surface area contributed by atoms with Crippen LogP contribution in [0, 0.1) is 0 Å². The highest BCUT2D eigenvalue weighted by atomic mass is 127. The summed E-state index contributed by atoms with van der Waals surface area (Å²) in [4.78, 5) is 12.5. The van der Waals surface area contributed by atoms with Gasteiger partial charge in [0, 0.05) is 43.4 Å². The molecule has 0 amide bonds. The van der Waals surface area contributed by atoms with Crippen molar-refractivity contribution in [2.75, 3.05) is 27.7 Å². The highest BCUT2D eigenvalue weighted by molar-refractivity contribution is 14.0. The van der Waals surface area contributed by atoms with Crippen LogP contribution in [0.2, 0.25) is 0 Å². The summed E-state index contributed by atoms with van der Waals surface area (Å²) in [5.41, 5.74) is 1.10. The highest BCUT2D eigenvalue weighted by Crippen LogP contribution is 2.26. The molecule has 0 fully saturated rings. The van der Waals surface area contributed by atoms with Crippen LogP contribution >= 0.6 is 46.7 Å². The van der Waals surface area contributed by atoms with Crippen LogP contribution in [0.3, 0.4) is 0 Å². The van der Waals surface area contributed by atoms with Crippen LogP contribution in [-0.2, 0) is 16.7 Å². The Bertz CT molecular complexity index is 685. The quantitative estimate of drug-likeness (QED) is 0.340. The molecule has 2 aromatic heterocycles. The second-order valence-corrected chi connectivity index (χ2v) is 8.51. The number of guanidine groups is 1. The lowest BCUT2D eigenvalue weighted by atomic mass is 9.91. The molecule has 146 valence electrons. The lowest BCUT2D eigenvalue weighted by molar-refractivity contribution is 0.119. The minimum Gasteiger partial charge on any atom is -0.375 e. The first kappa shape index (κ1) is 23.3. The number of thiophene rings is 1. The third kappa shape index (κ3) is 6.17. The predicted molar refractivity (Wildman–Crippen MR) is 123 cm³/mol. The highest BCUT2D eigenvalue weighted by Gasteiger charge is 2.22. The molecule has 26 heavy (non-hydrogen) atoms. The number of halogens is 1. The molecule has 0 aromatic carbocycles. The van der Waals surface area contributed by atoms with Gasteiger partial charge in [0.25, 0.3) is 0 Å². The molecule has 0 spiro atoms. The Morgan fingerprint density at radius 3 is 2.73 bits per heavy atom. The van der Waals surface area contributed by atoms with Crippen molar-refractivity contribution in [2.24, 2.45) is 4.99 Å². The summed E-state index contributed by atoms with van der Waals surface area (Å²) in [5, 5.41) is 8.71. The van der Waals surface area contributed by atoms with Crippen molar-refractivity contribution >= 4 is 52.6 Å². The first-order valence-electron chi connectivity index (χ1n) is 8.30. The number of ether oxygens (including phenoxy) is 1. The summed E-state index contributed by atoms with van der Waals surface area (Å²) < 4.78 is 5.33. The van der Waals surface area contributed by atoms with Gasteiger partial charge in [-0.05, 0) is 18.4 Å². The summed E-state index contributed by atoms with van der Waals surface area (Å²) in [7, 11) is 5.56. The van der Waals surface area contributed by atoms with Gasteiger partial charge < -0.3 is 15.0 Å². The van der Waals surface area contributed by atoms with E-state index >= 15 is 0 Å². The summed E-state index contributed by atoms with van der Waals surface area (Å²) in [6, 6.07) is 4.29. The van der Waals surface area contributed by atoms with Crippen LogP contribution in [0.1, 0.15) is 42.5 Å². The Kier molecular flexibility index (Phi) is 9.49. The monoisotopic (exact) mass is 508 g/mol. The molecule has 2 heterocycles. The maximum Gasteiger partial charge on any atom is 0.193 e. The number of thiazole rings is 1. The lowest BCUT2D eigenvalue weighted by Crippen LogP contribution is -2.43. The van der Waals surface area contributed by atoms with Crippen molar-refractivity contribution in [1.82, 2.24) is 15.2 Å². The Balaban J connectivity index is 0.00000338. The van der Waals surface area contributed by atoms with E-state index < -0.39 is 0 Å². The zero-order valence-corrected chi connectivity index (χ0v) is 20.2. The van der Waals surface area contributed by atoms with Gasteiger partial charge in [0.05, 0.1) is 12.2 Å². The van der Waals surface area contributed by atoms with Gasteiger partial charge in [-0.25, -0.2) is 4.98 Å². The molecule has 1 unspecified atom stereocenters. The molecule has 8 heteroatoms. The van der Waals surface area contributed by atoms with Gasteiger partial charge in [-0.15, -0.1) is 46.7 Å². The van der Waals surface area contributed by atoms with Gasteiger partial charge in [0.1, 0.15) is 11.1 Å². The molecule has 1 N–H and O–H groups in total. The molecule has 0 saturated heterocycles. The second-order valence-electron chi connectivity index (χ2n) is 6.67. The molecule has 0 saturated carbocycles. The fraction of sp³-hybridized carbons (Fsp3) is 0.556. The molecule has 2 rings (SSSR count). The molecule has 2 aromatic rings. The fourth-order valence-corrected chi connectivity index (χ4v) is 4.13. The van der Waals surface area contributed by atoms with Crippen LogP contribution in [-0.4, -0.2) is 43.6 Å². The van der Waals surface area contributed by atoms with Gasteiger partial charge in [0.15, 0.2) is 5.96 Å². The number of methoxy groups -OCH3 is 1. The number of rotatable bonds is 7. The summed E-state index contributed by atoms with van der Waals surface area (Å²) in [5.74, 6) is 0.874. The molecule has 5 nitrogen and oxygen atoms in total. The fourth-order valence-electron chi connectivity index (χ4n) is 2.44. The molecular formula is C18H29IN4OS2. The Hall–Kier alpha value is -0.710. The maximum atomic E-state index is 5.33. The normalized spacial score (nSPS) is 13.2. The number of hydrogen-bond donors (Lipinski definition) is 1. The topological polar surface area (TPSA) is 49.8 Å². The van der Waals surface area contributed by atoms with E-state index in [2.05, 4.69) is 56.9 Å². The lowest BCUT2D eigenvalue weighted by Gasteiger charge is -2.28. The molecule has 0 aliphatic heterocycles. The number of nitrogens with one attached hydrogen (secondary N) is 1. The SMILES string of the molecule is CN=C(NCC(C)(C)c1cccs1)N(C)Cc1csc(C(C)OC)n1.I. The second kappa shape index (κ2) is 10.6. The standard InChI is InChI=1S/C18H28N4OS2.HI/c1-13(23-6)16-21-14(11-25-16)10-22(5)17(19-4)20-12-18(2,3)15-8-7-9-24-15;/h7-9,11,13H,10,12H2,1-6H3,(H,19,20);1H. The first-order chi connectivity index (χ1) is 11.9. The van der Waals surface area contributed by atoms with Crippen LogP contribution in [0.15, 0.2) is 27.9 Å². The summed E-state index contributed by atoms with van der Waals surface area (Å²) in [6.07, 6.45) is 0.0353. The molecule has 0 radical (unpaired) electrons. The van der Waals surface area contributed by atoms with Crippen LogP contribution in [0.25, 0.3) is 0 Å². The van der Waals surface area contributed by atoms with Gasteiger partial charge >= 0.3 is 0 Å². The number of hydrogen-bond acceptors (Lipinski definition) is 5. The number of nitrogens with zero attached hydrogens (tertiary/aromatic N) is 3. The van der Waals surface area contributed by atoms with E-state index in [1.54, 1.807) is 29.8 Å². The average Bonchev–Trinajstić information content (AvgIpc) is 3.26. The summed E-state index contributed by atoms with van der Waals surface area (Å²) >= 11 is 3.43. The molecule has 1 atom stereocenters. The minimum absolute atomic E-state index is 0. The zero-order valence-electron chi connectivity index (χ0n) is 16.3. The van der Waals surface area contributed by atoms with Crippen molar-refractivity contribution in [3.8, 4) is 0 Å². The smallest absolute Gasteiger partial charge is 0.193 e. The van der Waals surface area contributed by atoms with Crippen molar-refractivity contribution < 1.29 is 4.74 Å². The van der Waals surface area contributed by atoms with Crippen molar-refractivity contribution in [2.45, 2.75) is 38.8 Å². The summed E-state index contributed by atoms with van der Waals surface area (Å²) in [6.45, 7) is 8.05. The number of aromatic nitrogens is 1. The van der Waals surface area contributed by atoms with Crippen molar-refractivity contribution in [3.05, 3.63) is 38.5 Å². The van der Waals surface area contributed by atoms with Gasteiger partial charge in [-0.3, -0.25) is 4.99 Å². The predicted octanol–water partition coefficient (Wildman–Crippen LogP) is 4.52. The van der Waals surface area contributed by atoms with Crippen LogP contribution in [0.5, 0.6) is 0 Å². The minimum atomic E-state index is 0. The van der Waals surface area contributed by atoms with Crippen molar-refractivity contribution in [1.29, 1.82) is 0 Å². The Morgan fingerprint density at radius 1 is 1.42 bits per heavy atom. The third-order valence-corrected chi connectivity index (χ3v) is 6.41. The molecule has 0 aliphatic rings. The van der Waals surface area contributed by atoms with Crippen LogP contribution in [0.4, 0.5) is 0 Å². The van der Waals surface area contributed by atoms with E-state index in [9.17, 15) is 0 Å². The van der Waals surface area contributed by atoms with E-state index in [1.165, 1.54) is 4.88 Å². The van der Waals surface area contributed by atoms with Gasteiger partial charge in [-0.1, -0.05) is 19.9 Å². The molecular weight excluding hydrogens is 479 g/mol. The zero-order chi connectivity index (χ0) is 18.4. The first-order valence-corrected chi connectivity index (χ1v) is 10.1. The van der Waals surface area contributed by atoms with E-state index in [0.29, 0.717) is 6.54 Å². The number of aliphatic imine (C=N–C) groups is 1. The Morgan fingerprint density at radius 2 is 2.15 bits per heavy atom. The molecule has 0 bridgehead atoms.